The van der Waals surface area contributed by atoms with Crippen molar-refractivity contribution in [2.45, 2.75) is 19.8 Å². The highest BCUT2D eigenvalue weighted by atomic mass is 16.4. The Kier molecular flexibility index (Phi) is 4.81. The molecule has 1 amide bonds. The number of hydrogen-bond donors (Lipinski definition) is 2. The van der Waals surface area contributed by atoms with Crippen LogP contribution >= 0.6 is 0 Å². The zero-order chi connectivity index (χ0) is 15.2. The first-order chi connectivity index (χ1) is 10.1. The normalized spacial score (nSPS) is 12.0. The molecule has 6 heteroatoms. The molecule has 0 aliphatic rings. The Balaban J connectivity index is 2.14. The number of hydrogen-bond acceptors (Lipinski definition) is 4. The molecule has 110 valence electrons. The molecule has 0 bridgehead atoms. The lowest BCUT2D eigenvalue weighted by Gasteiger charge is -2.12. The fourth-order valence-electron chi connectivity index (χ4n) is 2.15. The SMILES string of the molecule is CCCC(CNC(=O)c1cccc2nccnc12)C(=O)O. The first-order valence-electron chi connectivity index (χ1n) is 6.84. The third-order valence-corrected chi connectivity index (χ3v) is 3.24. The van der Waals surface area contributed by atoms with Gasteiger partial charge in [0.05, 0.1) is 17.0 Å². The Bertz CT molecular complexity index is 652. The van der Waals surface area contributed by atoms with E-state index in [-0.39, 0.29) is 12.5 Å². The van der Waals surface area contributed by atoms with Crippen molar-refractivity contribution in [2.24, 2.45) is 5.92 Å². The maximum absolute atomic E-state index is 12.2. The van der Waals surface area contributed by atoms with Crippen LogP contribution in [0.2, 0.25) is 0 Å². The summed E-state index contributed by atoms with van der Waals surface area (Å²) in [6.45, 7) is 2.02. The number of fused-ring (bicyclic) bond motifs is 1. The van der Waals surface area contributed by atoms with Gasteiger partial charge in [0.25, 0.3) is 5.91 Å². The average molecular weight is 287 g/mol. The molecule has 1 aromatic heterocycles. The molecule has 1 unspecified atom stereocenters. The van der Waals surface area contributed by atoms with Crippen molar-refractivity contribution in [1.29, 1.82) is 0 Å². The molecule has 1 heterocycles. The predicted molar refractivity (Wildman–Crippen MR) is 77.9 cm³/mol. The number of nitrogens with one attached hydrogen (secondary N) is 1. The minimum absolute atomic E-state index is 0.110. The first-order valence-corrected chi connectivity index (χ1v) is 6.84. The second-order valence-electron chi connectivity index (χ2n) is 4.76. The zero-order valence-electron chi connectivity index (χ0n) is 11.7. The van der Waals surface area contributed by atoms with Crippen molar-refractivity contribution < 1.29 is 14.7 Å². The van der Waals surface area contributed by atoms with E-state index in [0.29, 0.717) is 23.0 Å². The lowest BCUT2D eigenvalue weighted by molar-refractivity contribution is -0.141. The first kappa shape index (κ1) is 14.9. The van der Waals surface area contributed by atoms with Crippen LogP contribution < -0.4 is 5.32 Å². The monoisotopic (exact) mass is 287 g/mol. The summed E-state index contributed by atoms with van der Waals surface area (Å²) in [5, 5.41) is 11.8. The number of amides is 1. The number of benzene rings is 1. The highest BCUT2D eigenvalue weighted by molar-refractivity contribution is 6.04. The molecule has 21 heavy (non-hydrogen) atoms. The van der Waals surface area contributed by atoms with Crippen LogP contribution in [-0.2, 0) is 4.79 Å². The highest BCUT2D eigenvalue weighted by Gasteiger charge is 2.18. The number of rotatable bonds is 6. The molecule has 2 aromatic rings. The van der Waals surface area contributed by atoms with E-state index in [0.717, 1.165) is 6.42 Å². The number of carboxylic acids is 1. The van der Waals surface area contributed by atoms with E-state index < -0.39 is 11.9 Å². The van der Waals surface area contributed by atoms with Gasteiger partial charge in [0.1, 0.15) is 5.52 Å². The predicted octanol–water partition coefficient (Wildman–Crippen LogP) is 1.86. The van der Waals surface area contributed by atoms with Gasteiger partial charge in [-0.05, 0) is 18.6 Å². The van der Waals surface area contributed by atoms with Gasteiger partial charge in [-0.3, -0.25) is 19.6 Å². The van der Waals surface area contributed by atoms with Crippen LogP contribution in [0.1, 0.15) is 30.1 Å². The Labute approximate surface area is 122 Å². The largest absolute Gasteiger partial charge is 0.481 e. The summed E-state index contributed by atoms with van der Waals surface area (Å²) in [5.41, 5.74) is 1.55. The highest BCUT2D eigenvalue weighted by Crippen LogP contribution is 2.14. The van der Waals surface area contributed by atoms with Crippen molar-refractivity contribution in [1.82, 2.24) is 15.3 Å². The summed E-state index contributed by atoms with van der Waals surface area (Å²) in [7, 11) is 0. The van der Waals surface area contributed by atoms with Crippen molar-refractivity contribution in [3.05, 3.63) is 36.2 Å². The lowest BCUT2D eigenvalue weighted by Crippen LogP contribution is -2.33. The molecular formula is C15H17N3O3. The van der Waals surface area contributed by atoms with Gasteiger partial charge in [-0.25, -0.2) is 0 Å². The van der Waals surface area contributed by atoms with Gasteiger partial charge in [-0.2, -0.15) is 0 Å². The van der Waals surface area contributed by atoms with Crippen molar-refractivity contribution >= 4 is 22.9 Å². The van der Waals surface area contributed by atoms with Crippen molar-refractivity contribution in [3.8, 4) is 0 Å². The second-order valence-corrected chi connectivity index (χ2v) is 4.76. The van der Waals surface area contributed by atoms with Crippen LogP contribution in [0.3, 0.4) is 0 Å². The Morgan fingerprint density at radius 1 is 1.29 bits per heavy atom. The number of carbonyl (C=O) groups excluding carboxylic acids is 1. The second kappa shape index (κ2) is 6.78. The number of aliphatic carboxylic acids is 1. The number of para-hydroxylation sites is 1. The quantitative estimate of drug-likeness (QED) is 0.846. The minimum Gasteiger partial charge on any atom is -0.481 e. The summed E-state index contributed by atoms with van der Waals surface area (Å²) >= 11 is 0. The van der Waals surface area contributed by atoms with Crippen LogP contribution in [0.4, 0.5) is 0 Å². The fraction of sp³-hybridized carbons (Fsp3) is 0.333. The van der Waals surface area contributed by atoms with E-state index >= 15 is 0 Å². The van der Waals surface area contributed by atoms with Gasteiger partial charge in [0.2, 0.25) is 0 Å². The van der Waals surface area contributed by atoms with E-state index in [1.54, 1.807) is 24.4 Å². The Morgan fingerprint density at radius 3 is 2.76 bits per heavy atom. The lowest BCUT2D eigenvalue weighted by atomic mass is 10.0. The third kappa shape index (κ3) is 3.53. The number of aromatic nitrogens is 2. The van der Waals surface area contributed by atoms with E-state index in [1.807, 2.05) is 6.92 Å². The van der Waals surface area contributed by atoms with Crippen LogP contribution in [0.5, 0.6) is 0 Å². The summed E-state index contributed by atoms with van der Waals surface area (Å²) in [6, 6.07) is 5.16. The molecule has 1 aromatic carbocycles. The molecule has 0 aliphatic carbocycles. The van der Waals surface area contributed by atoms with Gasteiger partial charge in [0, 0.05) is 18.9 Å². The van der Waals surface area contributed by atoms with Crippen LogP contribution in [0.15, 0.2) is 30.6 Å². The standard InChI is InChI=1S/C15H17N3O3/c1-2-4-10(15(20)21)9-18-14(19)11-5-3-6-12-13(11)17-8-7-16-12/h3,5-8,10H,2,4,9H2,1H3,(H,18,19)(H,20,21). The molecular weight excluding hydrogens is 270 g/mol. The minimum atomic E-state index is -0.894. The summed E-state index contributed by atoms with van der Waals surface area (Å²) < 4.78 is 0. The molecule has 0 saturated carbocycles. The van der Waals surface area contributed by atoms with E-state index in [9.17, 15) is 9.59 Å². The Hall–Kier alpha value is -2.50. The Morgan fingerprint density at radius 2 is 2.05 bits per heavy atom. The molecule has 2 N–H and O–H groups in total. The molecule has 0 saturated heterocycles. The van der Waals surface area contributed by atoms with Gasteiger partial charge < -0.3 is 10.4 Å². The van der Waals surface area contributed by atoms with Crippen LogP contribution in [-0.4, -0.2) is 33.5 Å². The number of nitrogens with zero attached hydrogens (tertiary/aromatic N) is 2. The molecule has 2 rings (SSSR count). The molecule has 0 spiro atoms. The zero-order valence-corrected chi connectivity index (χ0v) is 11.7. The van der Waals surface area contributed by atoms with E-state index in [2.05, 4.69) is 15.3 Å². The van der Waals surface area contributed by atoms with Gasteiger partial charge in [-0.1, -0.05) is 19.4 Å². The molecule has 6 nitrogen and oxygen atoms in total. The number of carbonyl (C=O) groups is 2. The van der Waals surface area contributed by atoms with Crippen LogP contribution in [0.25, 0.3) is 11.0 Å². The summed E-state index contributed by atoms with van der Waals surface area (Å²) in [4.78, 5) is 31.6. The summed E-state index contributed by atoms with van der Waals surface area (Å²) in [5.74, 6) is -1.79. The van der Waals surface area contributed by atoms with Gasteiger partial charge in [0.15, 0.2) is 0 Å². The molecule has 0 fully saturated rings. The average Bonchev–Trinajstić information content (AvgIpc) is 2.50. The summed E-state index contributed by atoms with van der Waals surface area (Å²) in [6.07, 6.45) is 4.37. The molecule has 1 atom stereocenters. The number of carboxylic acid groups (broad SMARTS) is 1. The maximum Gasteiger partial charge on any atom is 0.308 e. The van der Waals surface area contributed by atoms with Crippen molar-refractivity contribution in [3.63, 3.8) is 0 Å². The van der Waals surface area contributed by atoms with E-state index in [1.165, 1.54) is 6.20 Å². The smallest absolute Gasteiger partial charge is 0.308 e. The fourth-order valence-corrected chi connectivity index (χ4v) is 2.15. The van der Waals surface area contributed by atoms with Crippen molar-refractivity contribution in [2.75, 3.05) is 6.54 Å². The van der Waals surface area contributed by atoms with Gasteiger partial charge in [-0.15, -0.1) is 0 Å². The topological polar surface area (TPSA) is 92.2 Å². The van der Waals surface area contributed by atoms with Gasteiger partial charge >= 0.3 is 5.97 Å². The molecule has 0 radical (unpaired) electrons. The molecule has 0 aliphatic heterocycles. The third-order valence-electron chi connectivity index (χ3n) is 3.24. The van der Waals surface area contributed by atoms with E-state index in [4.69, 9.17) is 5.11 Å². The van der Waals surface area contributed by atoms with Crippen LogP contribution in [0, 0.1) is 5.92 Å². The maximum atomic E-state index is 12.2.